The van der Waals surface area contributed by atoms with E-state index in [1.807, 2.05) is 6.07 Å². The number of anilines is 2. The molecule has 1 aromatic heterocycles. The van der Waals surface area contributed by atoms with Gasteiger partial charge in [0.15, 0.2) is 4.34 Å². The van der Waals surface area contributed by atoms with E-state index < -0.39 is 0 Å². The second kappa shape index (κ2) is 7.42. The number of thioether (sulfide) groups is 1. The van der Waals surface area contributed by atoms with Gasteiger partial charge in [-0.2, -0.15) is 0 Å². The van der Waals surface area contributed by atoms with Crippen LogP contribution < -0.4 is 5.32 Å². The number of aromatic nitrogens is 2. The molecule has 0 saturated carbocycles. The number of nitrogens with zero attached hydrogens (tertiary/aromatic N) is 2. The molecule has 0 aliphatic heterocycles. The smallest absolute Gasteiger partial charge is 0.316 e. The van der Waals surface area contributed by atoms with Crippen LogP contribution in [-0.4, -0.2) is 28.5 Å². The number of rotatable bonds is 6. The van der Waals surface area contributed by atoms with Crippen LogP contribution in [0.2, 0.25) is 0 Å². The van der Waals surface area contributed by atoms with Crippen molar-refractivity contribution in [1.82, 2.24) is 10.2 Å². The van der Waals surface area contributed by atoms with Gasteiger partial charge in [-0.25, -0.2) is 0 Å². The Balaban J connectivity index is 1.93. The molecule has 0 aliphatic carbocycles. The molecule has 2 rings (SSSR count). The summed E-state index contributed by atoms with van der Waals surface area (Å²) in [7, 11) is 0. The number of aryl methyl sites for hydroxylation is 2. The highest BCUT2D eigenvalue weighted by Gasteiger charge is 2.09. The quantitative estimate of drug-likeness (QED) is 0.648. The van der Waals surface area contributed by atoms with Crippen LogP contribution in [0.3, 0.4) is 0 Å². The zero-order valence-corrected chi connectivity index (χ0v) is 13.8. The molecular formula is C14H17N3O2S2. The normalized spacial score (nSPS) is 10.4. The van der Waals surface area contributed by atoms with Gasteiger partial charge in [-0.1, -0.05) is 29.2 Å². The van der Waals surface area contributed by atoms with Crippen LogP contribution in [0, 0.1) is 13.8 Å². The first-order chi connectivity index (χ1) is 10.1. The minimum absolute atomic E-state index is 0.235. The first-order valence-corrected chi connectivity index (χ1v) is 8.35. The summed E-state index contributed by atoms with van der Waals surface area (Å²) in [6.07, 6.45) is 0. The molecule has 0 unspecified atom stereocenters. The molecule has 1 heterocycles. The number of hydrogen-bond acceptors (Lipinski definition) is 7. The SMILES string of the molecule is CCOC(=O)CSc1nnc(Nc2ccc(C)c(C)c2)s1. The van der Waals surface area contributed by atoms with E-state index >= 15 is 0 Å². The van der Waals surface area contributed by atoms with Crippen molar-refractivity contribution in [3.05, 3.63) is 29.3 Å². The van der Waals surface area contributed by atoms with Crippen LogP contribution in [0.25, 0.3) is 0 Å². The molecule has 0 saturated heterocycles. The molecule has 1 N–H and O–H groups in total. The number of hydrogen-bond donors (Lipinski definition) is 1. The summed E-state index contributed by atoms with van der Waals surface area (Å²) in [5.41, 5.74) is 3.46. The standard InChI is InChI=1S/C14H17N3O2S2/c1-4-19-12(18)8-20-14-17-16-13(21-14)15-11-6-5-9(2)10(3)7-11/h5-7H,4,8H2,1-3H3,(H,15,16). The number of esters is 1. The van der Waals surface area contributed by atoms with Gasteiger partial charge in [0.1, 0.15) is 0 Å². The summed E-state index contributed by atoms with van der Waals surface area (Å²) < 4.78 is 5.62. The molecule has 112 valence electrons. The molecule has 0 bridgehead atoms. The maximum absolute atomic E-state index is 11.3. The zero-order valence-electron chi connectivity index (χ0n) is 12.2. The van der Waals surface area contributed by atoms with Gasteiger partial charge in [0.2, 0.25) is 5.13 Å². The molecule has 0 atom stereocenters. The van der Waals surface area contributed by atoms with E-state index in [0.29, 0.717) is 11.7 Å². The highest BCUT2D eigenvalue weighted by Crippen LogP contribution is 2.28. The van der Waals surface area contributed by atoms with Crippen molar-refractivity contribution in [2.24, 2.45) is 0 Å². The third-order valence-corrected chi connectivity index (χ3v) is 4.73. The molecule has 0 fully saturated rings. The highest BCUT2D eigenvalue weighted by atomic mass is 32.2. The third kappa shape index (κ3) is 4.71. The molecule has 5 nitrogen and oxygen atoms in total. The van der Waals surface area contributed by atoms with E-state index in [4.69, 9.17) is 4.74 Å². The average molecular weight is 323 g/mol. The molecule has 2 aromatic rings. The van der Waals surface area contributed by atoms with Gasteiger partial charge < -0.3 is 10.1 Å². The first-order valence-electron chi connectivity index (χ1n) is 6.54. The summed E-state index contributed by atoms with van der Waals surface area (Å²) in [6, 6.07) is 6.15. The Morgan fingerprint density at radius 1 is 1.33 bits per heavy atom. The van der Waals surface area contributed by atoms with Gasteiger partial charge in [-0.05, 0) is 44.0 Å². The maximum atomic E-state index is 11.3. The van der Waals surface area contributed by atoms with E-state index in [0.717, 1.165) is 10.0 Å². The molecule has 0 aliphatic rings. The Morgan fingerprint density at radius 3 is 2.86 bits per heavy atom. The fourth-order valence-corrected chi connectivity index (χ4v) is 3.15. The van der Waals surface area contributed by atoms with Crippen molar-refractivity contribution in [1.29, 1.82) is 0 Å². The van der Waals surface area contributed by atoms with Gasteiger partial charge in [0, 0.05) is 5.69 Å². The van der Waals surface area contributed by atoms with Gasteiger partial charge in [0.05, 0.1) is 12.4 Å². The molecule has 1 aromatic carbocycles. The zero-order chi connectivity index (χ0) is 15.2. The minimum atomic E-state index is -0.235. The highest BCUT2D eigenvalue weighted by molar-refractivity contribution is 8.01. The van der Waals surface area contributed by atoms with Crippen molar-refractivity contribution in [2.45, 2.75) is 25.1 Å². The summed E-state index contributed by atoms with van der Waals surface area (Å²) >= 11 is 2.76. The predicted octanol–water partition coefficient (Wildman–Crippen LogP) is 3.55. The largest absolute Gasteiger partial charge is 0.465 e. The lowest BCUT2D eigenvalue weighted by molar-refractivity contribution is -0.139. The van der Waals surface area contributed by atoms with E-state index in [1.54, 1.807) is 6.92 Å². The van der Waals surface area contributed by atoms with Crippen molar-refractivity contribution in [3.63, 3.8) is 0 Å². The molecular weight excluding hydrogens is 306 g/mol. The lowest BCUT2D eigenvalue weighted by Gasteiger charge is -2.05. The Kier molecular flexibility index (Phi) is 5.58. The van der Waals surface area contributed by atoms with Crippen molar-refractivity contribution >= 4 is 39.9 Å². The maximum Gasteiger partial charge on any atom is 0.316 e. The fourth-order valence-electron chi connectivity index (χ4n) is 1.58. The number of carbonyl (C=O) groups is 1. The predicted molar refractivity (Wildman–Crippen MR) is 86.5 cm³/mol. The van der Waals surface area contributed by atoms with Crippen LogP contribution in [0.1, 0.15) is 18.1 Å². The third-order valence-electron chi connectivity index (χ3n) is 2.78. The molecule has 0 radical (unpaired) electrons. The Bertz CT molecular complexity index is 628. The minimum Gasteiger partial charge on any atom is -0.465 e. The molecule has 0 amide bonds. The van der Waals surface area contributed by atoms with Crippen LogP contribution >= 0.6 is 23.1 Å². The summed E-state index contributed by atoms with van der Waals surface area (Å²) in [5.74, 6) is 0.0212. The van der Waals surface area contributed by atoms with Crippen LogP contribution in [0.4, 0.5) is 10.8 Å². The molecule has 0 spiro atoms. The average Bonchev–Trinajstić information content (AvgIpc) is 2.89. The lowest BCUT2D eigenvalue weighted by Crippen LogP contribution is -2.06. The first kappa shape index (κ1) is 15.8. The van der Waals surface area contributed by atoms with Crippen molar-refractivity contribution < 1.29 is 9.53 Å². The Labute approximate surface area is 132 Å². The van der Waals surface area contributed by atoms with Gasteiger partial charge in [-0.15, -0.1) is 10.2 Å². The van der Waals surface area contributed by atoms with Gasteiger partial charge >= 0.3 is 5.97 Å². The molecule has 7 heteroatoms. The van der Waals surface area contributed by atoms with E-state index in [2.05, 4.69) is 41.5 Å². The number of nitrogens with one attached hydrogen (secondary N) is 1. The number of ether oxygens (including phenoxy) is 1. The Morgan fingerprint density at radius 2 is 2.14 bits per heavy atom. The molecule has 21 heavy (non-hydrogen) atoms. The Hall–Kier alpha value is -1.60. The number of benzene rings is 1. The lowest BCUT2D eigenvalue weighted by atomic mass is 10.1. The second-order valence-corrected chi connectivity index (χ2v) is 6.59. The van der Waals surface area contributed by atoms with Crippen LogP contribution in [-0.2, 0) is 9.53 Å². The van der Waals surface area contributed by atoms with Crippen molar-refractivity contribution in [2.75, 3.05) is 17.7 Å². The summed E-state index contributed by atoms with van der Waals surface area (Å²) in [4.78, 5) is 11.3. The van der Waals surface area contributed by atoms with Crippen LogP contribution in [0.5, 0.6) is 0 Å². The van der Waals surface area contributed by atoms with Crippen molar-refractivity contribution in [3.8, 4) is 0 Å². The van der Waals surface area contributed by atoms with E-state index in [1.165, 1.54) is 34.2 Å². The van der Waals surface area contributed by atoms with Gasteiger partial charge in [-0.3, -0.25) is 4.79 Å². The van der Waals surface area contributed by atoms with E-state index in [9.17, 15) is 4.79 Å². The van der Waals surface area contributed by atoms with Gasteiger partial charge in [0.25, 0.3) is 0 Å². The monoisotopic (exact) mass is 323 g/mol. The summed E-state index contributed by atoms with van der Waals surface area (Å²) in [6.45, 7) is 6.34. The summed E-state index contributed by atoms with van der Waals surface area (Å²) in [5, 5.41) is 12.1. The number of carbonyl (C=O) groups excluding carboxylic acids is 1. The van der Waals surface area contributed by atoms with E-state index in [-0.39, 0.29) is 11.7 Å². The fraction of sp³-hybridized carbons (Fsp3) is 0.357. The topological polar surface area (TPSA) is 64.1 Å². The second-order valence-electron chi connectivity index (χ2n) is 4.39. The van der Waals surface area contributed by atoms with Crippen LogP contribution in [0.15, 0.2) is 22.5 Å².